The van der Waals surface area contributed by atoms with E-state index in [1.807, 2.05) is 29.2 Å². The van der Waals surface area contributed by atoms with Gasteiger partial charge in [-0.15, -0.1) is 6.58 Å². The monoisotopic (exact) mass is 578 g/mol. The fourth-order valence-electron chi connectivity index (χ4n) is 5.17. The highest BCUT2D eigenvalue weighted by Crippen LogP contribution is 2.33. The molecule has 41 heavy (non-hydrogen) atoms. The molecule has 9 heteroatoms. The number of rotatable bonds is 8. The van der Waals surface area contributed by atoms with Gasteiger partial charge in [0.1, 0.15) is 0 Å². The molecule has 1 unspecified atom stereocenters. The van der Waals surface area contributed by atoms with Crippen molar-refractivity contribution >= 4 is 29.5 Å². The first-order valence-electron chi connectivity index (χ1n) is 14.0. The van der Waals surface area contributed by atoms with Crippen LogP contribution in [0.15, 0.2) is 72.5 Å². The Morgan fingerprint density at radius 1 is 1.05 bits per heavy atom. The lowest BCUT2D eigenvalue weighted by Crippen LogP contribution is -2.53. The predicted octanol–water partition coefficient (Wildman–Crippen LogP) is 5.17. The van der Waals surface area contributed by atoms with Crippen molar-refractivity contribution < 1.29 is 19.1 Å². The number of hydrogen-bond donors (Lipinski definition) is 1. The van der Waals surface area contributed by atoms with Gasteiger partial charge in [-0.3, -0.25) is 14.6 Å². The van der Waals surface area contributed by atoms with Gasteiger partial charge < -0.3 is 15.0 Å². The van der Waals surface area contributed by atoms with Crippen LogP contribution < -0.4 is 5.32 Å². The molecule has 218 valence electrons. The van der Waals surface area contributed by atoms with Gasteiger partial charge in [0.25, 0.3) is 5.91 Å². The molecule has 2 aromatic carbocycles. The highest BCUT2D eigenvalue weighted by molar-refractivity contribution is 6.30. The Labute approximate surface area is 247 Å². The average Bonchev–Trinajstić information content (AvgIpc) is 2.95. The van der Waals surface area contributed by atoms with Gasteiger partial charge in [-0.1, -0.05) is 62.7 Å². The largest absolute Gasteiger partial charge is 0.463 e. The van der Waals surface area contributed by atoms with Crippen molar-refractivity contribution in [3.63, 3.8) is 0 Å². The van der Waals surface area contributed by atoms with Gasteiger partial charge in [0, 0.05) is 55.6 Å². The maximum Gasteiger partial charge on any atom is 0.338 e. The fourth-order valence-corrected chi connectivity index (χ4v) is 5.29. The summed E-state index contributed by atoms with van der Waals surface area (Å²) in [5.74, 6) is -0.505. The normalized spacial score (nSPS) is 18.3. The van der Waals surface area contributed by atoms with Gasteiger partial charge in [0.05, 0.1) is 18.2 Å². The number of nitrogens with zero attached hydrogens (tertiary/aromatic N) is 3. The number of carbonyl (C=O) groups is 3. The predicted molar refractivity (Wildman–Crippen MR) is 161 cm³/mol. The van der Waals surface area contributed by atoms with E-state index in [0.29, 0.717) is 54.6 Å². The van der Waals surface area contributed by atoms with E-state index in [2.05, 4.69) is 37.6 Å². The van der Waals surface area contributed by atoms with Crippen LogP contribution in [0.3, 0.4) is 0 Å². The van der Waals surface area contributed by atoms with Gasteiger partial charge in [0.2, 0.25) is 0 Å². The summed E-state index contributed by atoms with van der Waals surface area (Å²) in [6, 6.07) is 13.9. The number of esters is 1. The Kier molecular flexibility index (Phi) is 9.56. The van der Waals surface area contributed by atoms with Crippen molar-refractivity contribution in [3.05, 3.63) is 94.2 Å². The van der Waals surface area contributed by atoms with Crippen LogP contribution in [0.2, 0.25) is 5.02 Å². The van der Waals surface area contributed by atoms with Crippen molar-refractivity contribution in [2.75, 3.05) is 45.9 Å². The molecule has 4 rings (SSSR count). The van der Waals surface area contributed by atoms with E-state index >= 15 is 0 Å². The van der Waals surface area contributed by atoms with Crippen molar-refractivity contribution in [3.8, 4) is 0 Å². The topological polar surface area (TPSA) is 82.2 Å². The van der Waals surface area contributed by atoms with Crippen LogP contribution in [0.25, 0.3) is 0 Å². The van der Waals surface area contributed by atoms with Crippen molar-refractivity contribution in [1.29, 1.82) is 0 Å². The van der Waals surface area contributed by atoms with Crippen LogP contribution in [0.5, 0.6) is 0 Å². The molecular formula is C32H39ClN4O4. The summed E-state index contributed by atoms with van der Waals surface area (Å²) in [5.41, 5.74) is 3.53. The maximum absolute atomic E-state index is 13.5. The summed E-state index contributed by atoms with van der Waals surface area (Å²) in [6.45, 7) is 15.1. The Morgan fingerprint density at radius 2 is 1.68 bits per heavy atom. The third-order valence-corrected chi connectivity index (χ3v) is 7.73. The first-order chi connectivity index (χ1) is 19.5. The molecule has 0 bridgehead atoms. The fraction of sp³-hybridized carbons (Fsp3) is 0.406. The first kappa shape index (κ1) is 30.3. The first-order valence-corrected chi connectivity index (χ1v) is 14.4. The summed E-state index contributed by atoms with van der Waals surface area (Å²) in [7, 11) is 0. The molecule has 1 atom stereocenters. The maximum atomic E-state index is 13.5. The molecule has 0 aromatic heterocycles. The van der Waals surface area contributed by atoms with E-state index in [-0.39, 0.29) is 30.5 Å². The summed E-state index contributed by atoms with van der Waals surface area (Å²) in [6.07, 6.45) is 1.64. The number of hydrogen-bond acceptors (Lipinski definition) is 5. The lowest BCUT2D eigenvalue weighted by molar-refractivity contribution is -0.139. The molecule has 3 amide bonds. The van der Waals surface area contributed by atoms with Crippen LogP contribution in [0.4, 0.5) is 4.79 Å². The van der Waals surface area contributed by atoms with E-state index < -0.39 is 12.0 Å². The molecule has 2 aliphatic heterocycles. The Balaban J connectivity index is 1.62. The van der Waals surface area contributed by atoms with Gasteiger partial charge in [-0.2, -0.15) is 0 Å². The Morgan fingerprint density at radius 3 is 2.24 bits per heavy atom. The van der Waals surface area contributed by atoms with E-state index in [1.54, 1.807) is 42.2 Å². The number of ether oxygens (including phenoxy) is 1. The van der Waals surface area contributed by atoms with Crippen LogP contribution >= 0.6 is 11.6 Å². The van der Waals surface area contributed by atoms with Gasteiger partial charge >= 0.3 is 12.0 Å². The summed E-state index contributed by atoms with van der Waals surface area (Å²) in [5, 5.41) is 3.61. The minimum atomic E-state index is -0.653. The number of urea groups is 1. The van der Waals surface area contributed by atoms with E-state index in [0.717, 1.165) is 11.1 Å². The molecule has 2 aromatic rings. The molecule has 2 heterocycles. The quantitative estimate of drug-likeness (QED) is 0.345. The number of halogens is 1. The average molecular weight is 579 g/mol. The highest BCUT2D eigenvalue weighted by Gasteiger charge is 2.39. The second-order valence-electron chi connectivity index (χ2n) is 11.3. The molecule has 1 N–H and O–H groups in total. The summed E-state index contributed by atoms with van der Waals surface area (Å²) in [4.78, 5) is 45.4. The van der Waals surface area contributed by atoms with Crippen LogP contribution in [0, 0.1) is 0 Å². The molecule has 1 saturated heterocycles. The Hall–Kier alpha value is -3.62. The number of piperazine rings is 1. The SMILES string of the molecule is C=CCN1C(=O)NC(c2ccc(C(C)(C)C)cc2)C(C(=O)OCC)=C1CN1CCN(C(=O)c2ccc(Cl)cc2)CC1. The minimum Gasteiger partial charge on any atom is -0.463 e. The molecule has 2 aliphatic rings. The van der Waals surface area contributed by atoms with Crippen LogP contribution in [0.1, 0.15) is 55.2 Å². The summed E-state index contributed by atoms with van der Waals surface area (Å²) < 4.78 is 5.52. The van der Waals surface area contributed by atoms with E-state index in [1.165, 1.54) is 0 Å². The zero-order chi connectivity index (χ0) is 29.7. The van der Waals surface area contributed by atoms with E-state index in [4.69, 9.17) is 16.3 Å². The molecule has 0 radical (unpaired) electrons. The minimum absolute atomic E-state index is 0.0306. The Bertz CT molecular complexity index is 1310. The van der Waals surface area contributed by atoms with Crippen LogP contribution in [-0.4, -0.2) is 78.5 Å². The lowest BCUT2D eigenvalue weighted by Gasteiger charge is -2.40. The smallest absolute Gasteiger partial charge is 0.338 e. The molecule has 0 saturated carbocycles. The van der Waals surface area contributed by atoms with Crippen LogP contribution in [-0.2, 0) is 14.9 Å². The third kappa shape index (κ3) is 7.00. The van der Waals surface area contributed by atoms with Crippen molar-refractivity contribution in [2.24, 2.45) is 0 Å². The second-order valence-corrected chi connectivity index (χ2v) is 11.7. The lowest BCUT2D eigenvalue weighted by atomic mass is 9.85. The molecule has 8 nitrogen and oxygen atoms in total. The highest BCUT2D eigenvalue weighted by atomic mass is 35.5. The van der Waals surface area contributed by atoms with Crippen molar-refractivity contribution in [1.82, 2.24) is 20.0 Å². The van der Waals surface area contributed by atoms with E-state index in [9.17, 15) is 14.4 Å². The van der Waals surface area contributed by atoms with Gasteiger partial charge in [-0.05, 0) is 47.7 Å². The number of nitrogens with one attached hydrogen (secondary N) is 1. The third-order valence-electron chi connectivity index (χ3n) is 7.48. The summed E-state index contributed by atoms with van der Waals surface area (Å²) >= 11 is 5.98. The molecular weight excluding hydrogens is 540 g/mol. The van der Waals surface area contributed by atoms with Gasteiger partial charge in [-0.25, -0.2) is 9.59 Å². The number of benzene rings is 2. The van der Waals surface area contributed by atoms with Crippen molar-refractivity contribution in [2.45, 2.75) is 39.2 Å². The molecule has 1 fully saturated rings. The second kappa shape index (κ2) is 12.9. The van der Waals surface area contributed by atoms with Gasteiger partial charge in [0.15, 0.2) is 0 Å². The molecule has 0 spiro atoms. The number of amides is 3. The molecule has 0 aliphatic carbocycles. The zero-order valence-corrected chi connectivity index (χ0v) is 25.0. The number of carbonyl (C=O) groups excluding carboxylic acids is 3. The zero-order valence-electron chi connectivity index (χ0n) is 24.3. The standard InChI is InChI=1S/C32H39ClN4O4/c1-6-16-37-26(21-35-17-19-36(20-18-35)29(38)23-10-14-25(33)15-11-23)27(30(39)41-7-2)28(34-31(37)40)22-8-12-24(13-9-22)32(3,4)5/h6,8-15,28H,1,7,16-21H2,2-5H3,(H,34,40).